The Balaban J connectivity index is 2.49. The Hall–Kier alpha value is -1.42. The number of carbonyl (C=O) groups excluding carboxylic acids is 1. The Morgan fingerprint density at radius 2 is 2.33 bits per heavy atom. The molecule has 1 heterocycles. The van der Waals surface area contributed by atoms with E-state index < -0.39 is 0 Å². The lowest BCUT2D eigenvalue weighted by molar-refractivity contribution is -0.122. The molecule has 0 aromatic carbocycles. The van der Waals surface area contributed by atoms with Crippen LogP contribution < -0.4 is 11.1 Å². The van der Waals surface area contributed by atoms with Gasteiger partial charge in [0.05, 0.1) is 6.04 Å². The molecule has 0 saturated heterocycles. The summed E-state index contributed by atoms with van der Waals surface area (Å²) in [6.45, 7) is 3.74. The first-order valence-electron chi connectivity index (χ1n) is 5.04. The summed E-state index contributed by atoms with van der Waals surface area (Å²) in [6, 6.07) is 3.66. The quantitative estimate of drug-likeness (QED) is 0.773. The first kappa shape index (κ1) is 11.7. The molecule has 82 valence electrons. The zero-order chi connectivity index (χ0) is 11.3. The summed E-state index contributed by atoms with van der Waals surface area (Å²) in [4.78, 5) is 15.4. The van der Waals surface area contributed by atoms with Crippen LogP contribution in [0.3, 0.4) is 0 Å². The van der Waals surface area contributed by atoms with Gasteiger partial charge in [0.2, 0.25) is 5.91 Å². The van der Waals surface area contributed by atoms with E-state index in [0.29, 0.717) is 6.42 Å². The maximum absolute atomic E-state index is 11.4. The van der Waals surface area contributed by atoms with Gasteiger partial charge in [0, 0.05) is 24.9 Å². The average Bonchev–Trinajstić information content (AvgIpc) is 2.17. The van der Waals surface area contributed by atoms with Crippen molar-refractivity contribution in [2.75, 3.05) is 0 Å². The molecule has 2 atom stereocenters. The van der Waals surface area contributed by atoms with Gasteiger partial charge >= 0.3 is 0 Å². The standard InChI is InChI=1S/C11H17N3O/c1-8(12)6-11(15)14-9(2)10-4-3-5-13-7-10/h3-5,7-9H,6,12H2,1-2H3,(H,14,15)/t8?,9-/m0/s1. The summed E-state index contributed by atoms with van der Waals surface area (Å²) in [7, 11) is 0. The van der Waals surface area contributed by atoms with Gasteiger partial charge in [-0.15, -0.1) is 0 Å². The molecule has 0 radical (unpaired) electrons. The summed E-state index contributed by atoms with van der Waals surface area (Å²) in [5.41, 5.74) is 6.53. The number of nitrogens with two attached hydrogens (primary N) is 1. The van der Waals surface area contributed by atoms with Crippen LogP contribution in [0.15, 0.2) is 24.5 Å². The molecule has 3 N–H and O–H groups in total. The van der Waals surface area contributed by atoms with Crippen molar-refractivity contribution >= 4 is 5.91 Å². The van der Waals surface area contributed by atoms with E-state index >= 15 is 0 Å². The number of rotatable bonds is 4. The van der Waals surface area contributed by atoms with Gasteiger partial charge in [-0.3, -0.25) is 9.78 Å². The Morgan fingerprint density at radius 1 is 1.60 bits per heavy atom. The number of nitrogens with zero attached hydrogens (tertiary/aromatic N) is 1. The van der Waals surface area contributed by atoms with Gasteiger partial charge in [-0.2, -0.15) is 0 Å². The number of hydrogen-bond acceptors (Lipinski definition) is 3. The van der Waals surface area contributed by atoms with Crippen LogP contribution in [0.5, 0.6) is 0 Å². The highest BCUT2D eigenvalue weighted by Gasteiger charge is 2.10. The van der Waals surface area contributed by atoms with Crippen molar-refractivity contribution in [2.45, 2.75) is 32.4 Å². The fraction of sp³-hybridized carbons (Fsp3) is 0.455. The largest absolute Gasteiger partial charge is 0.349 e. The molecule has 1 rings (SSSR count). The van der Waals surface area contributed by atoms with Gasteiger partial charge in [0.15, 0.2) is 0 Å². The van der Waals surface area contributed by atoms with Crippen LogP contribution in [0.2, 0.25) is 0 Å². The number of carbonyl (C=O) groups is 1. The monoisotopic (exact) mass is 207 g/mol. The zero-order valence-electron chi connectivity index (χ0n) is 9.10. The molecule has 0 aliphatic heterocycles. The first-order valence-corrected chi connectivity index (χ1v) is 5.04. The van der Waals surface area contributed by atoms with Crippen molar-refractivity contribution in [2.24, 2.45) is 5.73 Å². The average molecular weight is 207 g/mol. The molecule has 1 amide bonds. The molecule has 0 bridgehead atoms. The van der Waals surface area contributed by atoms with Crippen molar-refractivity contribution in [3.63, 3.8) is 0 Å². The Morgan fingerprint density at radius 3 is 2.87 bits per heavy atom. The molecule has 1 aromatic heterocycles. The van der Waals surface area contributed by atoms with E-state index in [1.807, 2.05) is 26.0 Å². The van der Waals surface area contributed by atoms with E-state index in [1.165, 1.54) is 0 Å². The highest BCUT2D eigenvalue weighted by Crippen LogP contribution is 2.09. The maximum atomic E-state index is 11.4. The van der Waals surface area contributed by atoms with Gasteiger partial charge < -0.3 is 11.1 Å². The van der Waals surface area contributed by atoms with Gasteiger partial charge in [-0.25, -0.2) is 0 Å². The van der Waals surface area contributed by atoms with Crippen molar-refractivity contribution < 1.29 is 4.79 Å². The van der Waals surface area contributed by atoms with Crippen LogP contribution in [0.4, 0.5) is 0 Å². The fourth-order valence-electron chi connectivity index (χ4n) is 1.31. The summed E-state index contributed by atoms with van der Waals surface area (Å²) < 4.78 is 0. The lowest BCUT2D eigenvalue weighted by Gasteiger charge is -2.14. The van der Waals surface area contributed by atoms with E-state index in [2.05, 4.69) is 10.3 Å². The first-order chi connectivity index (χ1) is 7.09. The lowest BCUT2D eigenvalue weighted by atomic mass is 10.1. The second-order valence-electron chi connectivity index (χ2n) is 3.76. The molecule has 15 heavy (non-hydrogen) atoms. The fourth-order valence-corrected chi connectivity index (χ4v) is 1.31. The van der Waals surface area contributed by atoms with Crippen LogP contribution in [-0.4, -0.2) is 16.9 Å². The van der Waals surface area contributed by atoms with Gasteiger partial charge in [0.1, 0.15) is 0 Å². The van der Waals surface area contributed by atoms with Crippen molar-refractivity contribution in [1.29, 1.82) is 0 Å². The summed E-state index contributed by atoms with van der Waals surface area (Å²) >= 11 is 0. The smallest absolute Gasteiger partial charge is 0.222 e. The second-order valence-corrected chi connectivity index (χ2v) is 3.76. The molecule has 0 aliphatic rings. The molecule has 1 aromatic rings. The highest BCUT2D eigenvalue weighted by atomic mass is 16.1. The molecular weight excluding hydrogens is 190 g/mol. The van der Waals surface area contributed by atoms with Crippen LogP contribution >= 0.6 is 0 Å². The normalized spacial score (nSPS) is 14.3. The topological polar surface area (TPSA) is 68.0 Å². The number of nitrogens with one attached hydrogen (secondary N) is 1. The van der Waals surface area contributed by atoms with Crippen molar-refractivity contribution in [3.05, 3.63) is 30.1 Å². The number of hydrogen-bond donors (Lipinski definition) is 2. The van der Waals surface area contributed by atoms with Crippen LogP contribution in [-0.2, 0) is 4.79 Å². The van der Waals surface area contributed by atoms with Crippen LogP contribution in [0.1, 0.15) is 31.9 Å². The predicted molar refractivity (Wildman–Crippen MR) is 59.1 cm³/mol. The third kappa shape index (κ3) is 4.08. The van der Waals surface area contributed by atoms with Gasteiger partial charge in [-0.1, -0.05) is 6.07 Å². The molecule has 0 spiro atoms. The lowest BCUT2D eigenvalue weighted by Crippen LogP contribution is -2.31. The minimum absolute atomic E-state index is 0.0232. The molecular formula is C11H17N3O. The molecule has 1 unspecified atom stereocenters. The van der Waals surface area contributed by atoms with E-state index in [4.69, 9.17) is 5.73 Å². The van der Waals surface area contributed by atoms with E-state index in [0.717, 1.165) is 5.56 Å². The summed E-state index contributed by atoms with van der Waals surface area (Å²) in [6.07, 6.45) is 3.81. The van der Waals surface area contributed by atoms with Crippen LogP contribution in [0, 0.1) is 0 Å². The maximum Gasteiger partial charge on any atom is 0.222 e. The third-order valence-corrected chi connectivity index (χ3v) is 2.07. The van der Waals surface area contributed by atoms with E-state index in [9.17, 15) is 4.79 Å². The highest BCUT2D eigenvalue weighted by molar-refractivity contribution is 5.76. The third-order valence-electron chi connectivity index (χ3n) is 2.07. The van der Waals surface area contributed by atoms with E-state index in [-0.39, 0.29) is 18.0 Å². The van der Waals surface area contributed by atoms with E-state index in [1.54, 1.807) is 12.4 Å². The minimum atomic E-state index is -0.105. The van der Waals surface area contributed by atoms with Crippen LogP contribution in [0.25, 0.3) is 0 Å². The molecule has 4 nitrogen and oxygen atoms in total. The SMILES string of the molecule is CC(N)CC(=O)N[C@@H](C)c1cccnc1. The molecule has 0 saturated carbocycles. The molecule has 4 heteroatoms. The van der Waals surface area contributed by atoms with Crippen molar-refractivity contribution in [3.8, 4) is 0 Å². The number of aromatic nitrogens is 1. The Kier molecular flexibility index (Phi) is 4.24. The van der Waals surface area contributed by atoms with Gasteiger partial charge in [0.25, 0.3) is 0 Å². The summed E-state index contributed by atoms with van der Waals surface area (Å²) in [5, 5.41) is 2.87. The van der Waals surface area contributed by atoms with Crippen molar-refractivity contribution in [1.82, 2.24) is 10.3 Å². The minimum Gasteiger partial charge on any atom is -0.349 e. The number of pyridine rings is 1. The molecule has 0 aliphatic carbocycles. The predicted octanol–water partition coefficient (Wildman–Crippen LogP) is 0.996. The molecule has 0 fully saturated rings. The Bertz CT molecular complexity index is 311. The summed E-state index contributed by atoms with van der Waals surface area (Å²) in [5.74, 6) is -0.0265. The second kappa shape index (κ2) is 5.46. The number of amides is 1. The Labute approximate surface area is 89.9 Å². The van der Waals surface area contributed by atoms with Gasteiger partial charge in [-0.05, 0) is 25.5 Å². The zero-order valence-corrected chi connectivity index (χ0v) is 9.10.